The van der Waals surface area contributed by atoms with Gasteiger partial charge in [0, 0.05) is 23.3 Å². The minimum atomic E-state index is -1.82. The van der Waals surface area contributed by atoms with Gasteiger partial charge in [-0.15, -0.1) is 0 Å². The lowest BCUT2D eigenvalue weighted by molar-refractivity contribution is -0.00509. The first-order valence-electron chi connectivity index (χ1n) is 17.7. The van der Waals surface area contributed by atoms with Gasteiger partial charge in [-0.1, -0.05) is 99.5 Å². The average Bonchev–Trinajstić information content (AvgIpc) is 3.47. The Morgan fingerprint density at radius 3 is 1.34 bits per heavy atom. The van der Waals surface area contributed by atoms with Gasteiger partial charge in [0.1, 0.15) is 0 Å². The molecule has 2 atom stereocenters. The molecule has 44 heavy (non-hydrogen) atoms. The monoisotopic (exact) mass is 612 g/mol. The number of hydrogen-bond acceptors (Lipinski definition) is 2. The molecule has 2 aliphatic carbocycles. The third-order valence-corrected chi connectivity index (χ3v) is 16.5. The fourth-order valence-electron chi connectivity index (χ4n) is 8.42. The summed E-state index contributed by atoms with van der Waals surface area (Å²) in [4.78, 5) is 0. The van der Waals surface area contributed by atoms with Crippen molar-refractivity contribution in [3.63, 3.8) is 0 Å². The number of ether oxygens (including phenoxy) is 2. The SMILES string of the molecule is CC(C)(C)OCCCCCCC1=CC2(CC3(C=C(CCCCCCOC(C)(C)C)c4ccccc43)[Si]2(C)C)c2ccccc21. The van der Waals surface area contributed by atoms with E-state index in [0.29, 0.717) is 0 Å². The second kappa shape index (κ2) is 13.0. The Hall–Kier alpha value is -1.94. The lowest BCUT2D eigenvalue weighted by Crippen LogP contribution is -2.74. The lowest BCUT2D eigenvalue weighted by atomic mass is 9.83. The van der Waals surface area contributed by atoms with Crippen LogP contribution in [0.25, 0.3) is 11.1 Å². The third-order valence-electron chi connectivity index (χ3n) is 10.9. The Labute approximate surface area is 270 Å². The molecule has 2 aromatic carbocycles. The van der Waals surface area contributed by atoms with Crippen molar-refractivity contribution < 1.29 is 9.47 Å². The fraction of sp³-hybridized carbons (Fsp3) is 0.610. The first-order chi connectivity index (χ1) is 20.8. The number of rotatable bonds is 14. The van der Waals surface area contributed by atoms with E-state index in [1.54, 1.807) is 33.4 Å². The van der Waals surface area contributed by atoms with Crippen LogP contribution >= 0.6 is 0 Å². The van der Waals surface area contributed by atoms with Crippen molar-refractivity contribution in [1.29, 1.82) is 0 Å². The topological polar surface area (TPSA) is 18.5 Å². The molecule has 0 bridgehead atoms. The third kappa shape index (κ3) is 6.62. The summed E-state index contributed by atoms with van der Waals surface area (Å²) >= 11 is 0. The van der Waals surface area contributed by atoms with E-state index >= 15 is 0 Å². The molecule has 5 rings (SSSR count). The molecule has 0 radical (unpaired) electrons. The van der Waals surface area contributed by atoms with E-state index in [2.05, 4.69) is 115 Å². The largest absolute Gasteiger partial charge is 0.376 e. The van der Waals surface area contributed by atoms with Gasteiger partial charge in [-0.05, 0) is 120 Å². The number of fused-ring (bicyclic) bond motifs is 4. The van der Waals surface area contributed by atoms with E-state index in [1.165, 1.54) is 70.6 Å². The summed E-state index contributed by atoms with van der Waals surface area (Å²) in [5.74, 6) is 0. The van der Waals surface area contributed by atoms with Crippen LogP contribution in [0.4, 0.5) is 0 Å². The molecule has 0 N–H and O–H groups in total. The Morgan fingerprint density at radius 1 is 0.568 bits per heavy atom. The van der Waals surface area contributed by atoms with Crippen molar-refractivity contribution >= 4 is 19.2 Å². The molecule has 0 aromatic heterocycles. The fourth-order valence-corrected chi connectivity index (χ4v) is 13.2. The minimum absolute atomic E-state index is 0.0269. The molecule has 2 unspecified atom stereocenters. The molecule has 3 heteroatoms. The minimum Gasteiger partial charge on any atom is -0.376 e. The summed E-state index contributed by atoms with van der Waals surface area (Å²) in [6, 6.07) is 18.9. The van der Waals surface area contributed by atoms with Crippen LogP contribution in [0.5, 0.6) is 0 Å². The highest BCUT2D eigenvalue weighted by Gasteiger charge is 2.72. The van der Waals surface area contributed by atoms with E-state index in [0.717, 1.165) is 13.2 Å². The van der Waals surface area contributed by atoms with E-state index in [-0.39, 0.29) is 21.3 Å². The molecular formula is C41H60O2Si. The van der Waals surface area contributed by atoms with Gasteiger partial charge in [-0.3, -0.25) is 0 Å². The normalized spacial score (nSPS) is 23.5. The highest BCUT2D eigenvalue weighted by atomic mass is 28.3. The van der Waals surface area contributed by atoms with Crippen molar-refractivity contribution in [3.8, 4) is 0 Å². The molecule has 1 aliphatic heterocycles. The zero-order chi connectivity index (χ0) is 31.6. The van der Waals surface area contributed by atoms with Crippen LogP contribution < -0.4 is 0 Å². The first kappa shape index (κ1) is 33.4. The van der Waals surface area contributed by atoms with E-state index in [1.807, 2.05) is 0 Å². The standard InChI is InChI=1S/C41H60O2Si/c1-38(2,3)42-27-19-11-9-13-21-32-29-40(36-25-17-15-23-34(32)36)31-41(44(40,7)8)30-33(35-24-16-18-26-37(35)41)22-14-10-12-20-28-43-39(4,5)6/h15-18,23-26,29-30H,9-14,19-22,27-28,31H2,1-8H3. The number of allylic oxidation sites excluding steroid dienone is 4. The predicted molar refractivity (Wildman–Crippen MR) is 192 cm³/mol. The summed E-state index contributed by atoms with van der Waals surface area (Å²) in [6.07, 6.45) is 19.2. The molecule has 0 saturated carbocycles. The van der Waals surface area contributed by atoms with E-state index in [9.17, 15) is 0 Å². The molecule has 1 saturated heterocycles. The van der Waals surface area contributed by atoms with Crippen molar-refractivity contribution in [3.05, 3.63) is 82.9 Å². The molecule has 2 nitrogen and oxygen atoms in total. The van der Waals surface area contributed by atoms with E-state index < -0.39 is 8.07 Å². The van der Waals surface area contributed by atoms with Gasteiger partial charge in [0.25, 0.3) is 0 Å². The van der Waals surface area contributed by atoms with Crippen LogP contribution in [-0.4, -0.2) is 32.5 Å². The quantitative estimate of drug-likeness (QED) is 0.156. The van der Waals surface area contributed by atoms with Crippen molar-refractivity contribution in [2.75, 3.05) is 13.2 Å². The maximum absolute atomic E-state index is 5.94. The Bertz CT molecular complexity index is 1250. The van der Waals surface area contributed by atoms with Crippen LogP contribution in [-0.2, 0) is 19.6 Å². The number of benzene rings is 2. The summed E-state index contributed by atoms with van der Waals surface area (Å²) in [6.45, 7) is 20.1. The van der Waals surface area contributed by atoms with Gasteiger partial charge in [-0.2, -0.15) is 0 Å². The van der Waals surface area contributed by atoms with Crippen LogP contribution in [0.1, 0.15) is 134 Å². The molecular weight excluding hydrogens is 553 g/mol. The second-order valence-electron chi connectivity index (χ2n) is 16.4. The smallest absolute Gasteiger partial charge is 0.0792 e. The van der Waals surface area contributed by atoms with Crippen LogP contribution in [0.15, 0.2) is 60.7 Å². The van der Waals surface area contributed by atoms with Gasteiger partial charge in [0.05, 0.1) is 19.3 Å². The maximum Gasteiger partial charge on any atom is 0.0792 e. The number of unbranched alkanes of at least 4 members (excludes halogenated alkanes) is 6. The molecule has 1 fully saturated rings. The Morgan fingerprint density at radius 2 is 0.955 bits per heavy atom. The van der Waals surface area contributed by atoms with Gasteiger partial charge in [0.2, 0.25) is 0 Å². The van der Waals surface area contributed by atoms with E-state index in [4.69, 9.17) is 9.47 Å². The summed E-state index contributed by atoms with van der Waals surface area (Å²) < 4.78 is 11.9. The maximum atomic E-state index is 5.94. The van der Waals surface area contributed by atoms with Gasteiger partial charge in [0.15, 0.2) is 0 Å². The zero-order valence-corrected chi connectivity index (χ0v) is 30.3. The van der Waals surface area contributed by atoms with Crippen molar-refractivity contribution in [2.45, 2.75) is 147 Å². The van der Waals surface area contributed by atoms with Gasteiger partial charge in [-0.25, -0.2) is 0 Å². The van der Waals surface area contributed by atoms with Crippen molar-refractivity contribution in [1.82, 2.24) is 0 Å². The van der Waals surface area contributed by atoms with Crippen molar-refractivity contribution in [2.24, 2.45) is 0 Å². The number of hydrogen-bond donors (Lipinski definition) is 0. The molecule has 1 heterocycles. The summed E-state index contributed by atoms with van der Waals surface area (Å²) in [7, 11) is -1.82. The molecule has 240 valence electrons. The van der Waals surface area contributed by atoms with Crippen LogP contribution in [0, 0.1) is 0 Å². The molecule has 2 aromatic rings. The zero-order valence-electron chi connectivity index (χ0n) is 29.3. The summed E-state index contributed by atoms with van der Waals surface area (Å²) in [5, 5.41) is 0.483. The predicted octanol–water partition coefficient (Wildman–Crippen LogP) is 11.4. The Balaban J connectivity index is 1.26. The molecule has 3 aliphatic rings. The van der Waals surface area contributed by atoms with Gasteiger partial charge >= 0.3 is 0 Å². The lowest BCUT2D eigenvalue weighted by Gasteiger charge is -2.65. The summed E-state index contributed by atoms with van der Waals surface area (Å²) in [5.41, 5.74) is 9.54. The molecule has 0 amide bonds. The second-order valence-corrected chi connectivity index (χ2v) is 21.5. The highest BCUT2D eigenvalue weighted by Crippen LogP contribution is 2.69. The van der Waals surface area contributed by atoms with Crippen LogP contribution in [0.3, 0.4) is 0 Å². The molecule has 2 spiro atoms. The highest BCUT2D eigenvalue weighted by molar-refractivity contribution is 6.87. The van der Waals surface area contributed by atoms with Crippen LogP contribution in [0.2, 0.25) is 13.1 Å². The Kier molecular flexibility index (Phi) is 9.91. The van der Waals surface area contributed by atoms with Gasteiger partial charge < -0.3 is 9.47 Å². The average molecular weight is 613 g/mol. The first-order valence-corrected chi connectivity index (χ1v) is 20.7.